The Hall–Kier alpha value is -1.74. The molecule has 4 nitrogen and oxygen atoms in total. The third-order valence-electron chi connectivity index (χ3n) is 2.20. The second-order valence-corrected chi connectivity index (χ2v) is 3.40. The maximum atomic E-state index is 13.2. The highest BCUT2D eigenvalue weighted by Gasteiger charge is 2.64. The molecule has 0 amide bonds. The molecule has 2 N–H and O–H groups in total. The van der Waals surface area contributed by atoms with Gasteiger partial charge in [0.15, 0.2) is 5.69 Å². The number of hydrogen-bond acceptors (Lipinski definition) is 2. The van der Waals surface area contributed by atoms with E-state index in [4.69, 9.17) is 5.11 Å². The van der Waals surface area contributed by atoms with Gasteiger partial charge in [-0.3, -0.25) is 5.10 Å². The van der Waals surface area contributed by atoms with Gasteiger partial charge in [-0.2, -0.15) is 27.1 Å². The minimum Gasteiger partial charge on any atom is -0.476 e. The molecule has 18 heavy (non-hydrogen) atoms. The Balaban J connectivity index is 3.20. The van der Waals surface area contributed by atoms with Crippen LogP contribution in [0.2, 0.25) is 0 Å². The van der Waals surface area contributed by atoms with Gasteiger partial charge in [0.1, 0.15) is 0 Å². The summed E-state index contributed by atoms with van der Waals surface area (Å²) in [7, 11) is 0. The third-order valence-corrected chi connectivity index (χ3v) is 2.20. The van der Waals surface area contributed by atoms with E-state index in [2.05, 4.69) is 5.10 Å². The van der Waals surface area contributed by atoms with Crippen LogP contribution in [0.3, 0.4) is 0 Å². The molecule has 1 unspecified atom stereocenters. The van der Waals surface area contributed by atoms with Crippen molar-refractivity contribution in [2.45, 2.75) is 25.2 Å². The third kappa shape index (κ3) is 2.14. The predicted octanol–water partition coefficient (Wildman–Crippen LogP) is 2.62. The molecule has 0 saturated heterocycles. The Morgan fingerprint density at radius 1 is 1.33 bits per heavy atom. The van der Waals surface area contributed by atoms with Crippen LogP contribution in [0.15, 0.2) is 0 Å². The first kappa shape index (κ1) is 14.3. The van der Waals surface area contributed by atoms with E-state index in [9.17, 15) is 31.1 Å². The van der Waals surface area contributed by atoms with Crippen molar-refractivity contribution in [1.82, 2.24) is 10.2 Å². The van der Waals surface area contributed by atoms with Gasteiger partial charge in [0.05, 0.1) is 5.69 Å². The van der Waals surface area contributed by atoms with Gasteiger partial charge in [0.2, 0.25) is 6.17 Å². The number of aromatic carboxylic acids is 1. The monoisotopic (exact) mass is 276 g/mol. The van der Waals surface area contributed by atoms with Crippen LogP contribution in [0, 0.1) is 6.92 Å². The summed E-state index contributed by atoms with van der Waals surface area (Å²) in [4.78, 5) is 10.5. The topological polar surface area (TPSA) is 66.0 Å². The highest BCUT2D eigenvalue weighted by atomic mass is 19.4. The lowest BCUT2D eigenvalue weighted by molar-refractivity contribution is -0.305. The zero-order chi connectivity index (χ0) is 14.3. The van der Waals surface area contributed by atoms with E-state index in [0.29, 0.717) is 0 Å². The number of carbonyl (C=O) groups is 1. The van der Waals surface area contributed by atoms with E-state index >= 15 is 0 Å². The fraction of sp³-hybridized carbons (Fsp3) is 0.500. The van der Waals surface area contributed by atoms with Gasteiger partial charge in [0, 0.05) is 5.56 Å². The number of aromatic amines is 1. The Morgan fingerprint density at radius 2 is 1.83 bits per heavy atom. The normalized spacial score (nSPS) is 14.6. The summed E-state index contributed by atoms with van der Waals surface area (Å²) in [6, 6.07) is 0. The van der Waals surface area contributed by atoms with Gasteiger partial charge >= 0.3 is 18.1 Å². The van der Waals surface area contributed by atoms with Crippen LogP contribution in [0.1, 0.15) is 27.9 Å². The molecule has 0 radical (unpaired) electrons. The zero-order valence-corrected chi connectivity index (χ0v) is 8.65. The Morgan fingerprint density at radius 3 is 2.17 bits per heavy atom. The number of carboxylic acid groups (broad SMARTS) is 1. The summed E-state index contributed by atoms with van der Waals surface area (Å²) < 4.78 is 74.4. The molecule has 1 rings (SSSR count). The molecular formula is C8H6F6N2O2. The largest absolute Gasteiger partial charge is 0.476 e. The van der Waals surface area contributed by atoms with Gasteiger partial charge in [-0.05, 0) is 6.92 Å². The van der Waals surface area contributed by atoms with Crippen molar-refractivity contribution in [3.8, 4) is 0 Å². The average Bonchev–Trinajstić information content (AvgIpc) is 2.57. The van der Waals surface area contributed by atoms with Crippen LogP contribution < -0.4 is 0 Å². The summed E-state index contributed by atoms with van der Waals surface area (Å²) in [5.74, 6) is -7.31. The van der Waals surface area contributed by atoms with Crippen molar-refractivity contribution in [2.75, 3.05) is 0 Å². The minimum absolute atomic E-state index is 0.612. The number of nitrogens with one attached hydrogen (secondary N) is 1. The van der Waals surface area contributed by atoms with Crippen molar-refractivity contribution < 1.29 is 36.2 Å². The van der Waals surface area contributed by atoms with Crippen LogP contribution in [0.5, 0.6) is 0 Å². The van der Waals surface area contributed by atoms with Crippen molar-refractivity contribution in [3.63, 3.8) is 0 Å². The first-order valence-corrected chi connectivity index (χ1v) is 4.37. The van der Waals surface area contributed by atoms with Gasteiger partial charge < -0.3 is 5.11 Å². The van der Waals surface area contributed by atoms with Crippen LogP contribution in [0.4, 0.5) is 26.3 Å². The van der Waals surface area contributed by atoms with Gasteiger partial charge in [0.25, 0.3) is 0 Å². The number of aromatic nitrogens is 2. The van der Waals surface area contributed by atoms with Gasteiger partial charge in [-0.15, -0.1) is 0 Å². The molecule has 102 valence electrons. The lowest BCUT2D eigenvalue weighted by Gasteiger charge is -2.22. The molecule has 1 atom stereocenters. The highest BCUT2D eigenvalue weighted by molar-refractivity contribution is 5.87. The molecule has 0 aliphatic carbocycles. The summed E-state index contributed by atoms with van der Waals surface area (Å²) in [6.45, 7) is 0.876. The zero-order valence-electron chi connectivity index (χ0n) is 8.65. The standard InChI is InChI=1S/C8H6F6N2O2/c1-2-3(15-16-4(2)6(17)18)5(9)7(10,11)8(12,13)14/h5H,1H3,(H,15,16)(H,17,18). The number of hydrogen-bond donors (Lipinski definition) is 2. The number of carboxylic acids is 1. The van der Waals surface area contributed by atoms with Crippen LogP contribution in [0.25, 0.3) is 0 Å². The average molecular weight is 276 g/mol. The Kier molecular flexibility index (Phi) is 3.32. The number of rotatable bonds is 3. The van der Waals surface area contributed by atoms with Crippen LogP contribution in [-0.2, 0) is 0 Å². The van der Waals surface area contributed by atoms with E-state index < -0.39 is 41.2 Å². The Bertz CT molecular complexity index is 467. The summed E-state index contributed by atoms with van der Waals surface area (Å²) in [6.07, 6.45) is -9.84. The Labute approximate surface area is 95.6 Å². The smallest absolute Gasteiger partial charge is 0.456 e. The van der Waals surface area contributed by atoms with Gasteiger partial charge in [-0.1, -0.05) is 0 Å². The molecule has 0 spiro atoms. The number of alkyl halides is 6. The molecule has 0 aliphatic heterocycles. The maximum absolute atomic E-state index is 13.2. The molecule has 10 heteroatoms. The molecule has 0 aliphatic rings. The maximum Gasteiger partial charge on any atom is 0.456 e. The minimum atomic E-state index is -6.09. The molecule has 0 bridgehead atoms. The van der Waals surface area contributed by atoms with E-state index in [1.807, 2.05) is 0 Å². The second-order valence-electron chi connectivity index (χ2n) is 3.40. The van der Waals surface area contributed by atoms with Crippen LogP contribution in [-0.4, -0.2) is 33.4 Å². The summed E-state index contributed by atoms with van der Waals surface area (Å²) in [5, 5.41) is 13.0. The lowest BCUT2D eigenvalue weighted by atomic mass is 10.1. The van der Waals surface area contributed by atoms with E-state index in [1.165, 1.54) is 0 Å². The fourth-order valence-corrected chi connectivity index (χ4v) is 1.19. The molecule has 0 aromatic carbocycles. The predicted molar refractivity (Wildman–Crippen MR) is 45.1 cm³/mol. The molecule has 0 saturated carbocycles. The van der Waals surface area contributed by atoms with Gasteiger partial charge in [-0.25, -0.2) is 9.18 Å². The van der Waals surface area contributed by atoms with E-state index in [0.717, 1.165) is 6.92 Å². The summed E-state index contributed by atoms with van der Waals surface area (Å²) in [5.41, 5.74) is -2.64. The second kappa shape index (κ2) is 4.18. The van der Waals surface area contributed by atoms with Crippen LogP contribution >= 0.6 is 0 Å². The molecular weight excluding hydrogens is 270 g/mol. The summed E-state index contributed by atoms with van der Waals surface area (Å²) >= 11 is 0. The molecule has 0 fully saturated rings. The lowest BCUT2D eigenvalue weighted by Crippen LogP contribution is -2.40. The number of H-pyrrole nitrogens is 1. The van der Waals surface area contributed by atoms with Crippen molar-refractivity contribution in [1.29, 1.82) is 0 Å². The first-order chi connectivity index (χ1) is 8.00. The fourth-order valence-electron chi connectivity index (χ4n) is 1.19. The van der Waals surface area contributed by atoms with E-state index in [-0.39, 0.29) is 0 Å². The SMILES string of the molecule is Cc1c(C(=O)O)n[nH]c1C(F)C(F)(F)C(F)(F)F. The molecule has 1 aromatic rings. The highest BCUT2D eigenvalue weighted by Crippen LogP contribution is 2.46. The quantitative estimate of drug-likeness (QED) is 0.834. The number of halogens is 6. The first-order valence-electron chi connectivity index (χ1n) is 4.37. The van der Waals surface area contributed by atoms with Crippen molar-refractivity contribution in [2.24, 2.45) is 0 Å². The van der Waals surface area contributed by atoms with Crippen molar-refractivity contribution >= 4 is 5.97 Å². The van der Waals surface area contributed by atoms with E-state index in [1.54, 1.807) is 5.10 Å². The number of nitrogens with zero attached hydrogens (tertiary/aromatic N) is 1. The van der Waals surface area contributed by atoms with Crippen molar-refractivity contribution in [3.05, 3.63) is 17.0 Å². The molecule has 1 heterocycles. The molecule has 1 aromatic heterocycles.